The number of aromatic nitrogens is 2. The van der Waals surface area contributed by atoms with Gasteiger partial charge in [0.25, 0.3) is 5.56 Å². The van der Waals surface area contributed by atoms with Crippen molar-refractivity contribution in [2.75, 3.05) is 13.8 Å². The van der Waals surface area contributed by atoms with Crippen LogP contribution in [0.25, 0.3) is 5.69 Å². The second kappa shape index (κ2) is 8.38. The van der Waals surface area contributed by atoms with Crippen LogP contribution < -0.4 is 25.3 Å². The highest BCUT2D eigenvalue weighted by molar-refractivity contribution is 6.20. The summed E-state index contributed by atoms with van der Waals surface area (Å²) in [5.74, 6) is 0. The fourth-order valence-corrected chi connectivity index (χ4v) is 3.16. The van der Waals surface area contributed by atoms with Crippen molar-refractivity contribution in [2.24, 2.45) is 17.8 Å². The van der Waals surface area contributed by atoms with Gasteiger partial charge in [-0.25, -0.2) is 9.67 Å². The lowest BCUT2D eigenvalue weighted by atomic mass is 10.1. The Hall–Kier alpha value is -3.02. The summed E-state index contributed by atoms with van der Waals surface area (Å²) >= 11 is 0. The van der Waals surface area contributed by atoms with Gasteiger partial charge in [-0.1, -0.05) is 18.2 Å². The van der Waals surface area contributed by atoms with Crippen molar-refractivity contribution in [3.05, 3.63) is 70.3 Å². The molecule has 2 aromatic rings. The Bertz CT molecular complexity index is 1140. The average molecular weight is 435 g/mol. The van der Waals surface area contributed by atoms with E-state index < -0.39 is 17.0 Å². The van der Waals surface area contributed by atoms with Gasteiger partial charge >= 0.3 is 6.73 Å². The van der Waals surface area contributed by atoms with Gasteiger partial charge in [-0.2, -0.15) is 18.6 Å². The van der Waals surface area contributed by atoms with Crippen LogP contribution in [0.1, 0.15) is 5.69 Å². The van der Waals surface area contributed by atoms with E-state index >= 15 is 0 Å². The maximum atomic E-state index is 13.0. The molecule has 3 rings (SSSR count). The van der Waals surface area contributed by atoms with E-state index in [1.807, 2.05) is 30.3 Å². The summed E-state index contributed by atoms with van der Waals surface area (Å²) in [6.07, 6.45) is 4.77. The van der Waals surface area contributed by atoms with Gasteiger partial charge in [-0.05, 0) is 25.1 Å². The number of hydrogen-bond donors (Lipinski definition) is 1. The number of nitrogens with zero attached hydrogens (tertiary/aromatic N) is 4. The highest BCUT2D eigenvalue weighted by atomic mass is 35.7. The Morgan fingerprint density at radius 2 is 1.87 bits per heavy atom. The van der Waals surface area contributed by atoms with Crippen LogP contribution in [0.3, 0.4) is 0 Å². The molecule has 0 aliphatic heterocycles. The lowest BCUT2D eigenvalue weighted by Gasteiger charge is -2.11. The van der Waals surface area contributed by atoms with E-state index in [2.05, 4.69) is 9.28 Å². The average Bonchev–Trinajstić information content (AvgIpc) is 2.90. The number of halogens is 1. The van der Waals surface area contributed by atoms with Crippen molar-refractivity contribution in [1.29, 1.82) is 0 Å². The molecule has 1 heterocycles. The molecule has 1 aliphatic rings. The standard InChI is InChI=1S/C19H20ClN5O5/c1-13-18(19(26)25(24(13)3)14-7-5-4-6-8-14)22-17-10-9-15(11-16(17)21)23(2)12-30-20(27,28)29/h4-11,21H,12H2,1-3H3/p+1. The molecule has 10 nitrogen and oxygen atoms in total. The summed E-state index contributed by atoms with van der Waals surface area (Å²) in [4.78, 5) is 17.4. The Morgan fingerprint density at radius 3 is 2.47 bits per heavy atom. The van der Waals surface area contributed by atoms with Crippen molar-refractivity contribution >= 4 is 17.1 Å². The molecule has 1 aromatic heterocycles. The number of nitrogens with two attached hydrogens (primary N) is 1. The smallest absolute Gasteiger partial charge is 0.394 e. The summed E-state index contributed by atoms with van der Waals surface area (Å²) in [5.41, 5.74) is 8.61. The monoisotopic (exact) mass is 434 g/mol. The van der Waals surface area contributed by atoms with Crippen LogP contribution in [0.4, 0.5) is 5.69 Å². The lowest BCUT2D eigenvalue weighted by Crippen LogP contribution is -2.61. The number of benzene rings is 1. The van der Waals surface area contributed by atoms with Crippen molar-refractivity contribution in [2.45, 2.75) is 6.92 Å². The summed E-state index contributed by atoms with van der Waals surface area (Å²) < 4.78 is 40.6. The van der Waals surface area contributed by atoms with Gasteiger partial charge in [0, 0.05) is 19.2 Å². The Kier molecular flexibility index (Phi) is 6.06. The minimum Gasteiger partial charge on any atom is -0.397 e. The number of aliphatic imine (C=N–C) groups is 1. The van der Waals surface area contributed by atoms with Gasteiger partial charge in [-0.3, -0.25) is 9.48 Å². The summed E-state index contributed by atoms with van der Waals surface area (Å²) in [6, 6.07) is 9.21. The molecular weight excluding hydrogens is 414 g/mol. The number of para-hydroxylation sites is 1. The van der Waals surface area contributed by atoms with Crippen molar-refractivity contribution in [3.63, 3.8) is 0 Å². The van der Waals surface area contributed by atoms with Crippen LogP contribution in [0.5, 0.6) is 0 Å². The first-order valence-electron chi connectivity index (χ1n) is 8.80. The van der Waals surface area contributed by atoms with Crippen molar-refractivity contribution in [3.8, 4) is 5.69 Å². The van der Waals surface area contributed by atoms with Crippen molar-refractivity contribution in [1.82, 2.24) is 9.36 Å². The van der Waals surface area contributed by atoms with Crippen LogP contribution in [0.2, 0.25) is 0 Å². The maximum Gasteiger partial charge on any atom is 0.394 e. The fraction of sp³-hybridized carbons (Fsp3) is 0.211. The third-order valence-electron chi connectivity index (χ3n) is 4.58. The number of hydrogen-bond acceptors (Lipinski definition) is 7. The molecule has 0 fully saturated rings. The summed E-state index contributed by atoms with van der Waals surface area (Å²) in [5, 5.41) is 0. The SMILES string of the molecule is Cc1c(N=C2C=CC(=[N+](C)CO[Cl+3]([O-])([O-])[O-])C=C2N)c(=O)n(-c2ccccc2)n1C. The first kappa shape index (κ1) is 21.7. The predicted molar refractivity (Wildman–Crippen MR) is 101 cm³/mol. The zero-order valence-electron chi connectivity index (χ0n) is 16.6. The maximum absolute atomic E-state index is 13.0. The molecule has 30 heavy (non-hydrogen) atoms. The minimum atomic E-state index is -4.53. The molecule has 1 aliphatic carbocycles. The largest absolute Gasteiger partial charge is 0.397 e. The molecular formula is C19H21ClN5O5+. The molecule has 1 aromatic carbocycles. The topological polar surface area (TPSA) is 147 Å². The van der Waals surface area contributed by atoms with E-state index in [4.69, 9.17) is 5.73 Å². The van der Waals surface area contributed by atoms with Crippen LogP contribution in [-0.2, 0) is 11.3 Å². The van der Waals surface area contributed by atoms with E-state index in [0.717, 1.165) is 0 Å². The highest BCUT2D eigenvalue weighted by Crippen LogP contribution is 2.18. The van der Waals surface area contributed by atoms with Gasteiger partial charge in [0.1, 0.15) is 11.3 Å². The minimum absolute atomic E-state index is 0.258. The number of allylic oxidation sites excluding steroid dienone is 3. The number of rotatable bonds is 5. The van der Waals surface area contributed by atoms with Gasteiger partial charge in [0.2, 0.25) is 5.71 Å². The third-order valence-corrected chi connectivity index (χ3v) is 4.95. The quantitative estimate of drug-likeness (QED) is 0.324. The Morgan fingerprint density at radius 1 is 1.20 bits per heavy atom. The van der Waals surface area contributed by atoms with Gasteiger partial charge in [0.15, 0.2) is 5.69 Å². The van der Waals surface area contributed by atoms with E-state index in [0.29, 0.717) is 22.8 Å². The molecule has 0 amide bonds. The molecule has 0 saturated carbocycles. The Balaban J connectivity index is 1.95. The molecule has 0 saturated heterocycles. The highest BCUT2D eigenvalue weighted by Gasteiger charge is 2.24. The van der Waals surface area contributed by atoms with E-state index in [-0.39, 0.29) is 16.9 Å². The van der Waals surface area contributed by atoms with Gasteiger partial charge < -0.3 is 5.73 Å². The normalized spacial score (nSPS) is 17.4. The van der Waals surface area contributed by atoms with Crippen LogP contribution in [0.15, 0.2) is 64.0 Å². The zero-order valence-corrected chi connectivity index (χ0v) is 17.4. The fourth-order valence-electron chi connectivity index (χ4n) is 2.89. The second-order valence-corrected chi connectivity index (χ2v) is 7.55. The summed E-state index contributed by atoms with van der Waals surface area (Å²) in [6.45, 7) is 1.32. The molecule has 2 N–H and O–H groups in total. The van der Waals surface area contributed by atoms with Gasteiger partial charge in [-0.15, -0.1) is 0 Å². The van der Waals surface area contributed by atoms with Crippen LogP contribution >= 0.6 is 0 Å². The zero-order chi connectivity index (χ0) is 22.1. The van der Waals surface area contributed by atoms with Crippen LogP contribution in [0, 0.1) is 17.2 Å². The van der Waals surface area contributed by atoms with Crippen molar-refractivity contribution < 1.29 is 33.1 Å². The van der Waals surface area contributed by atoms with Gasteiger partial charge in [0.05, 0.1) is 33.0 Å². The molecule has 0 unspecified atom stereocenters. The molecule has 0 atom stereocenters. The molecule has 158 valence electrons. The predicted octanol–water partition coefficient (Wildman–Crippen LogP) is -2.08. The summed E-state index contributed by atoms with van der Waals surface area (Å²) in [7, 11) is -1.22. The molecule has 11 heteroatoms. The first-order chi connectivity index (χ1) is 14.1. The Labute approximate surface area is 174 Å². The van der Waals surface area contributed by atoms with Crippen LogP contribution in [-0.4, -0.2) is 39.1 Å². The third kappa shape index (κ3) is 4.58. The first-order valence-corrected chi connectivity index (χ1v) is 10.0. The van der Waals surface area contributed by atoms with E-state index in [1.54, 1.807) is 36.9 Å². The molecule has 0 spiro atoms. The lowest BCUT2D eigenvalue weighted by molar-refractivity contribution is -1.92. The van der Waals surface area contributed by atoms with E-state index in [9.17, 15) is 18.8 Å². The second-order valence-electron chi connectivity index (χ2n) is 6.58. The van der Waals surface area contributed by atoms with E-state index in [1.165, 1.54) is 16.3 Å². The molecule has 0 radical (unpaired) electrons. The molecule has 0 bridgehead atoms.